The van der Waals surface area contributed by atoms with Crippen LogP contribution in [0.5, 0.6) is 0 Å². The molecule has 0 unspecified atom stereocenters. The van der Waals surface area contributed by atoms with Crippen LogP contribution in [0.4, 0.5) is 5.69 Å². The van der Waals surface area contributed by atoms with E-state index in [0.29, 0.717) is 0 Å². The largest absolute Gasteiger partial charge is 0.264 e. The molecule has 0 bridgehead atoms. The molecule has 3 heteroatoms. The first-order valence-electron chi connectivity index (χ1n) is 4.12. The molecule has 0 heterocycles. The zero-order valence-corrected chi connectivity index (χ0v) is 8.76. The fourth-order valence-corrected chi connectivity index (χ4v) is 1.54. The maximum Gasteiger partial charge on any atom is 0.0694 e. The van der Waals surface area contributed by atoms with Crippen molar-refractivity contribution in [3.8, 4) is 0 Å². The summed E-state index contributed by atoms with van der Waals surface area (Å²) >= 11 is 1.43. The molecule has 0 spiro atoms. The van der Waals surface area contributed by atoms with Crippen LogP contribution in [0.15, 0.2) is 34.2 Å². The van der Waals surface area contributed by atoms with E-state index in [9.17, 15) is 0 Å². The Morgan fingerprint density at radius 1 is 1.36 bits per heavy atom. The quantitative estimate of drug-likeness (QED) is 0.532. The molecular weight excluding hydrogens is 192 g/mol. The van der Waals surface area contributed by atoms with Gasteiger partial charge in [-0.1, -0.05) is 18.7 Å². The number of nitrogens with zero attached hydrogens (tertiary/aromatic N) is 2. The van der Waals surface area contributed by atoms with E-state index < -0.39 is 0 Å². The summed E-state index contributed by atoms with van der Waals surface area (Å²) in [7, 11) is 0. The van der Waals surface area contributed by atoms with Crippen LogP contribution in [0.25, 0.3) is 6.08 Å². The van der Waals surface area contributed by atoms with Gasteiger partial charge in [0.1, 0.15) is 0 Å². The van der Waals surface area contributed by atoms with Gasteiger partial charge in [0, 0.05) is 5.75 Å². The number of aliphatic imine (C=N–C) groups is 1. The predicted molar refractivity (Wildman–Crippen MR) is 66.6 cm³/mol. The first kappa shape index (κ1) is 10.7. The van der Waals surface area contributed by atoms with Gasteiger partial charge in [-0.2, -0.15) is 0 Å². The molecule has 0 fully saturated rings. The molecule has 0 atom stereocenters. The fraction of sp³-hybridized carbons (Fsp3) is 0.0909. The van der Waals surface area contributed by atoms with Gasteiger partial charge in [0.05, 0.1) is 5.69 Å². The molecule has 72 valence electrons. The Kier molecular flexibility index (Phi) is 4.13. The number of rotatable bonds is 5. The third-order valence-electron chi connectivity index (χ3n) is 1.80. The van der Waals surface area contributed by atoms with E-state index in [1.165, 1.54) is 17.5 Å². The van der Waals surface area contributed by atoms with Crippen molar-refractivity contribution in [3.63, 3.8) is 0 Å². The molecule has 1 aromatic rings. The summed E-state index contributed by atoms with van der Waals surface area (Å²) in [4.78, 5) is 3.90. The average molecular weight is 204 g/mol. The van der Waals surface area contributed by atoms with Gasteiger partial charge in [0.15, 0.2) is 0 Å². The molecule has 0 N–H and O–H groups in total. The predicted octanol–water partition coefficient (Wildman–Crippen LogP) is 3.51. The Hall–Kier alpha value is -1.35. The van der Waals surface area contributed by atoms with E-state index in [-0.39, 0.29) is 0 Å². The standard InChI is InChI=1S/C11H12N2S/c1-4-10-7-9(8-14-13-3)5-6-11(10)12-2/h4-7H,1-3,8H2. The normalized spacial score (nSPS) is 9.43. The van der Waals surface area contributed by atoms with Crippen molar-refractivity contribution in [2.75, 3.05) is 0 Å². The van der Waals surface area contributed by atoms with Gasteiger partial charge in [-0.15, -0.1) is 0 Å². The van der Waals surface area contributed by atoms with Crippen molar-refractivity contribution in [1.82, 2.24) is 0 Å². The molecule has 0 aliphatic carbocycles. The van der Waals surface area contributed by atoms with Crippen LogP contribution >= 0.6 is 11.9 Å². The average Bonchev–Trinajstić information content (AvgIpc) is 2.25. The minimum atomic E-state index is 0.821. The smallest absolute Gasteiger partial charge is 0.0694 e. The van der Waals surface area contributed by atoms with E-state index in [1.54, 1.807) is 6.08 Å². The summed E-state index contributed by atoms with van der Waals surface area (Å²) in [6, 6.07) is 5.98. The van der Waals surface area contributed by atoms with Gasteiger partial charge in [-0.05, 0) is 48.6 Å². The molecule has 1 rings (SSSR count). The van der Waals surface area contributed by atoms with E-state index in [4.69, 9.17) is 0 Å². The zero-order valence-electron chi connectivity index (χ0n) is 7.94. The molecule has 0 saturated carbocycles. The third-order valence-corrected chi connectivity index (χ3v) is 2.45. The van der Waals surface area contributed by atoms with Crippen molar-refractivity contribution < 1.29 is 0 Å². The Bertz CT molecular complexity index is 358. The van der Waals surface area contributed by atoms with Crippen LogP contribution in [0.3, 0.4) is 0 Å². The van der Waals surface area contributed by atoms with Gasteiger partial charge < -0.3 is 0 Å². The van der Waals surface area contributed by atoms with Crippen LogP contribution in [-0.4, -0.2) is 13.4 Å². The van der Waals surface area contributed by atoms with Gasteiger partial charge in [-0.3, -0.25) is 4.99 Å². The summed E-state index contributed by atoms with van der Waals surface area (Å²) < 4.78 is 3.73. The molecule has 14 heavy (non-hydrogen) atoms. The van der Waals surface area contributed by atoms with Crippen LogP contribution in [0.1, 0.15) is 11.1 Å². The van der Waals surface area contributed by atoms with Gasteiger partial charge in [-0.25, -0.2) is 4.40 Å². The van der Waals surface area contributed by atoms with E-state index in [2.05, 4.69) is 29.4 Å². The summed E-state index contributed by atoms with van der Waals surface area (Å²) in [6.45, 7) is 10.6. The van der Waals surface area contributed by atoms with Crippen molar-refractivity contribution in [2.24, 2.45) is 9.39 Å². The SMILES string of the molecule is C=Cc1cc(CSN=C)ccc1N=C. The molecule has 0 saturated heterocycles. The first-order chi connectivity index (χ1) is 6.81. The molecule has 2 nitrogen and oxygen atoms in total. The number of hydrogen-bond acceptors (Lipinski definition) is 3. The Balaban J connectivity index is 2.94. The molecule has 1 aromatic carbocycles. The Morgan fingerprint density at radius 3 is 2.71 bits per heavy atom. The lowest BCUT2D eigenvalue weighted by molar-refractivity contribution is 1.39. The summed E-state index contributed by atoms with van der Waals surface area (Å²) in [6.07, 6.45) is 1.78. The topological polar surface area (TPSA) is 24.7 Å². The monoisotopic (exact) mass is 204 g/mol. The minimum Gasteiger partial charge on any atom is -0.264 e. The number of benzene rings is 1. The maximum atomic E-state index is 3.90. The van der Waals surface area contributed by atoms with E-state index in [0.717, 1.165) is 17.0 Å². The van der Waals surface area contributed by atoms with Crippen LogP contribution in [0, 0.1) is 0 Å². The maximum absolute atomic E-state index is 3.90. The highest BCUT2D eigenvalue weighted by molar-refractivity contribution is 7.97. The fourth-order valence-electron chi connectivity index (χ4n) is 1.12. The van der Waals surface area contributed by atoms with E-state index >= 15 is 0 Å². The second-order valence-corrected chi connectivity index (χ2v) is 3.46. The highest BCUT2D eigenvalue weighted by Crippen LogP contribution is 2.23. The molecule has 0 aliphatic rings. The molecule has 0 radical (unpaired) electrons. The molecular formula is C11H12N2S. The van der Waals surface area contributed by atoms with Crippen molar-refractivity contribution in [3.05, 3.63) is 35.9 Å². The highest BCUT2D eigenvalue weighted by Gasteiger charge is 1.99. The summed E-state index contributed by atoms with van der Waals surface area (Å²) in [5.74, 6) is 0.821. The lowest BCUT2D eigenvalue weighted by atomic mass is 10.1. The van der Waals surface area contributed by atoms with Crippen LogP contribution < -0.4 is 0 Å². The highest BCUT2D eigenvalue weighted by atomic mass is 32.2. The Labute approximate surface area is 88.6 Å². The molecule has 0 amide bonds. The summed E-state index contributed by atoms with van der Waals surface area (Å²) in [5.41, 5.74) is 3.05. The Morgan fingerprint density at radius 2 is 2.14 bits per heavy atom. The lowest BCUT2D eigenvalue weighted by Crippen LogP contribution is -1.81. The van der Waals surface area contributed by atoms with Gasteiger partial charge >= 0.3 is 0 Å². The first-order valence-corrected chi connectivity index (χ1v) is 5.06. The summed E-state index contributed by atoms with van der Waals surface area (Å²) in [5, 5.41) is 0. The van der Waals surface area contributed by atoms with Crippen LogP contribution in [-0.2, 0) is 5.75 Å². The van der Waals surface area contributed by atoms with Gasteiger partial charge in [0.25, 0.3) is 0 Å². The zero-order chi connectivity index (χ0) is 10.4. The van der Waals surface area contributed by atoms with E-state index in [1.807, 2.05) is 18.2 Å². The third kappa shape index (κ3) is 2.57. The molecule has 0 aliphatic heterocycles. The second-order valence-electron chi connectivity index (χ2n) is 2.66. The van der Waals surface area contributed by atoms with Crippen molar-refractivity contribution >= 4 is 37.1 Å². The molecule has 0 aromatic heterocycles. The van der Waals surface area contributed by atoms with Crippen molar-refractivity contribution in [1.29, 1.82) is 0 Å². The van der Waals surface area contributed by atoms with Crippen molar-refractivity contribution in [2.45, 2.75) is 5.75 Å². The number of hydrogen-bond donors (Lipinski definition) is 0. The van der Waals surface area contributed by atoms with Crippen LogP contribution in [0.2, 0.25) is 0 Å². The lowest BCUT2D eigenvalue weighted by Gasteiger charge is -2.03. The minimum absolute atomic E-state index is 0.821. The van der Waals surface area contributed by atoms with Gasteiger partial charge in [0.2, 0.25) is 0 Å². The second kappa shape index (κ2) is 5.40.